The van der Waals surface area contributed by atoms with Crippen LogP contribution in [-0.4, -0.2) is 58.2 Å². The summed E-state index contributed by atoms with van der Waals surface area (Å²) in [5, 5.41) is 0. The van der Waals surface area contributed by atoms with Crippen molar-refractivity contribution in [3.63, 3.8) is 0 Å². The maximum atomic E-state index is 10.2. The molecule has 1 heterocycles. The van der Waals surface area contributed by atoms with Crippen LogP contribution < -0.4 is 0 Å². The van der Waals surface area contributed by atoms with Crippen LogP contribution >= 0.6 is 0 Å². The van der Waals surface area contributed by atoms with Crippen LogP contribution in [0.3, 0.4) is 0 Å². The van der Waals surface area contributed by atoms with E-state index in [1.54, 1.807) is 7.11 Å². The second kappa shape index (κ2) is 9.62. The number of halogens is 1. The SMILES string of the molecule is CCOC1=C2C=CC(OC)=CC2OC(c2ccccc2)C1=[Te].O=S(=O)(O)F. The maximum absolute atomic E-state index is 10.2. The van der Waals surface area contributed by atoms with E-state index in [1.807, 2.05) is 65.2 Å². The van der Waals surface area contributed by atoms with Crippen LogP contribution in [-0.2, 0) is 24.7 Å². The summed E-state index contributed by atoms with van der Waals surface area (Å²) in [6.45, 7) is 2.65. The van der Waals surface area contributed by atoms with E-state index in [-0.39, 0.29) is 12.2 Å². The molecule has 9 heteroatoms. The molecule has 2 aliphatic rings. The molecule has 0 aromatic heterocycles. The van der Waals surface area contributed by atoms with Gasteiger partial charge in [-0.05, 0) is 0 Å². The van der Waals surface area contributed by atoms with E-state index in [1.165, 1.54) is 0 Å². The van der Waals surface area contributed by atoms with Gasteiger partial charge in [0.05, 0.1) is 0 Å². The van der Waals surface area contributed by atoms with Crippen molar-refractivity contribution >= 4 is 35.9 Å². The van der Waals surface area contributed by atoms with Crippen LogP contribution in [0, 0.1) is 0 Å². The Morgan fingerprint density at radius 3 is 2.44 bits per heavy atom. The van der Waals surface area contributed by atoms with Crippen LogP contribution in [0.25, 0.3) is 0 Å². The molecular weight excluding hydrogens is 491 g/mol. The minimum Gasteiger partial charge on any atom is -0.260 e. The molecule has 0 radical (unpaired) electrons. The third-order valence-corrected chi connectivity index (χ3v) is 4.82. The standard InChI is InChI=1S/C18H18O3Te.FHO3S/c1-3-20-17-14-10-9-13(19-2)11-15(14)21-16(18(17)22)12-7-5-4-6-8-12;1-5(2,3)4/h4-11,15-16H,3H2,1-2H3;(H,2,3,4). The van der Waals surface area contributed by atoms with E-state index in [9.17, 15) is 3.89 Å². The van der Waals surface area contributed by atoms with Crippen molar-refractivity contribution in [2.45, 2.75) is 19.1 Å². The molecule has 0 fully saturated rings. The van der Waals surface area contributed by atoms with Gasteiger partial charge in [0.2, 0.25) is 0 Å². The van der Waals surface area contributed by atoms with Gasteiger partial charge in [-0.25, -0.2) is 0 Å². The normalized spacial score (nSPS) is 21.6. The van der Waals surface area contributed by atoms with Gasteiger partial charge in [0.15, 0.2) is 0 Å². The van der Waals surface area contributed by atoms with Crippen LogP contribution in [0.4, 0.5) is 3.89 Å². The van der Waals surface area contributed by atoms with Gasteiger partial charge in [-0.2, -0.15) is 8.42 Å². The third-order valence-electron chi connectivity index (χ3n) is 3.68. The predicted octanol–water partition coefficient (Wildman–Crippen LogP) is 2.62. The van der Waals surface area contributed by atoms with Gasteiger partial charge in [0.1, 0.15) is 0 Å². The number of rotatable bonds is 4. The van der Waals surface area contributed by atoms with Gasteiger partial charge in [0, 0.05) is 0 Å². The zero-order valence-corrected chi connectivity index (χ0v) is 17.8. The Labute approximate surface area is 170 Å². The second-order valence-electron chi connectivity index (χ2n) is 5.45. The first-order valence-electron chi connectivity index (χ1n) is 7.97. The number of methoxy groups -OCH3 is 1. The van der Waals surface area contributed by atoms with E-state index < -0.39 is 10.5 Å². The summed E-state index contributed by atoms with van der Waals surface area (Å²) < 4.78 is 52.8. The number of hydrogen-bond acceptors (Lipinski definition) is 5. The van der Waals surface area contributed by atoms with Gasteiger partial charge in [-0.15, -0.1) is 0 Å². The summed E-state index contributed by atoms with van der Waals surface area (Å²) >= 11 is 1.99. The number of allylic oxidation sites excluding steroid dienone is 1. The number of benzene rings is 1. The van der Waals surface area contributed by atoms with Gasteiger partial charge >= 0.3 is 154 Å². The quantitative estimate of drug-likeness (QED) is 0.382. The van der Waals surface area contributed by atoms with Crippen LogP contribution in [0.2, 0.25) is 0 Å². The summed E-state index contributed by atoms with van der Waals surface area (Å²) in [4.78, 5) is 0. The summed E-state index contributed by atoms with van der Waals surface area (Å²) in [5.74, 6) is 1.76. The van der Waals surface area contributed by atoms with Crippen molar-refractivity contribution in [1.82, 2.24) is 0 Å². The fourth-order valence-electron chi connectivity index (χ4n) is 2.64. The molecule has 1 aliphatic carbocycles. The number of fused-ring (bicyclic) bond motifs is 1. The molecule has 0 spiro atoms. The van der Waals surface area contributed by atoms with Crippen LogP contribution in [0.15, 0.2) is 65.7 Å². The Morgan fingerprint density at radius 1 is 1.26 bits per heavy atom. The Kier molecular flexibility index (Phi) is 7.77. The van der Waals surface area contributed by atoms with E-state index in [0.29, 0.717) is 6.61 Å². The molecule has 27 heavy (non-hydrogen) atoms. The summed E-state index contributed by atoms with van der Waals surface area (Å²) in [5.41, 5.74) is 2.20. The molecule has 1 aromatic carbocycles. The van der Waals surface area contributed by atoms with Crippen molar-refractivity contribution in [2.24, 2.45) is 0 Å². The van der Waals surface area contributed by atoms with Gasteiger partial charge < -0.3 is 0 Å². The Bertz CT molecular complexity index is 868. The van der Waals surface area contributed by atoms with Crippen molar-refractivity contribution in [2.75, 3.05) is 13.7 Å². The van der Waals surface area contributed by atoms with Crippen molar-refractivity contribution in [3.8, 4) is 0 Å². The Hall–Kier alpha value is -1.50. The van der Waals surface area contributed by atoms with Crippen LogP contribution in [0.5, 0.6) is 0 Å². The molecule has 0 saturated carbocycles. The first kappa shape index (κ1) is 21.8. The minimum atomic E-state index is -5.17. The molecule has 2 unspecified atom stereocenters. The topological polar surface area (TPSA) is 82.1 Å². The third kappa shape index (κ3) is 6.26. The zero-order chi connectivity index (χ0) is 20.0. The van der Waals surface area contributed by atoms with E-state index in [0.717, 1.165) is 26.2 Å². The fraction of sp³-hybridized carbons (Fsp3) is 0.278. The number of ether oxygens (including phenoxy) is 3. The molecule has 2 atom stereocenters. The smallest absolute Gasteiger partial charge is 0.260 e. The minimum absolute atomic E-state index is 0.0952. The number of hydrogen-bond donors (Lipinski definition) is 1. The molecule has 0 amide bonds. The van der Waals surface area contributed by atoms with Gasteiger partial charge in [-0.1, -0.05) is 3.89 Å². The molecule has 6 nitrogen and oxygen atoms in total. The molecular formula is C18H19FO6STe. The van der Waals surface area contributed by atoms with E-state index >= 15 is 0 Å². The summed E-state index contributed by atoms with van der Waals surface area (Å²) in [6.07, 6.45) is 5.74. The first-order chi connectivity index (χ1) is 12.7. The van der Waals surface area contributed by atoms with Crippen molar-refractivity contribution in [1.29, 1.82) is 0 Å². The maximum Gasteiger partial charge on any atom is 0.435 e. The van der Waals surface area contributed by atoms with E-state index in [4.69, 9.17) is 27.2 Å². The van der Waals surface area contributed by atoms with Crippen LogP contribution in [0.1, 0.15) is 18.6 Å². The molecule has 1 N–H and O–H groups in total. The molecule has 146 valence electrons. The average Bonchev–Trinajstić information content (AvgIpc) is 2.63. The second-order valence-corrected chi connectivity index (χ2v) is 7.53. The predicted molar refractivity (Wildman–Crippen MR) is 100 cm³/mol. The van der Waals surface area contributed by atoms with Crippen molar-refractivity contribution in [3.05, 3.63) is 71.2 Å². The van der Waals surface area contributed by atoms with E-state index in [2.05, 4.69) is 12.1 Å². The van der Waals surface area contributed by atoms with Crippen molar-refractivity contribution < 1.29 is 31.1 Å². The van der Waals surface area contributed by atoms with Gasteiger partial charge in [0.25, 0.3) is 0 Å². The molecule has 1 aliphatic heterocycles. The summed E-state index contributed by atoms with van der Waals surface area (Å²) in [6, 6.07) is 10.3. The summed E-state index contributed by atoms with van der Waals surface area (Å²) in [7, 11) is -3.50. The first-order valence-corrected chi connectivity index (χ1v) is 10.5. The molecule has 1 aromatic rings. The largest absolute Gasteiger partial charge is 0.435 e. The molecule has 0 bridgehead atoms. The molecule has 0 saturated heterocycles. The molecule has 3 rings (SSSR count). The average molecular weight is 510 g/mol. The zero-order valence-electron chi connectivity index (χ0n) is 14.7. The monoisotopic (exact) mass is 512 g/mol. The Morgan fingerprint density at radius 2 is 1.89 bits per heavy atom. The Balaban J connectivity index is 0.000000465. The fourth-order valence-corrected chi connectivity index (χ4v) is 3.69. The van der Waals surface area contributed by atoms with Gasteiger partial charge in [-0.3, -0.25) is 4.55 Å².